The third kappa shape index (κ3) is 2.40. The molecular weight excluding hydrogens is 223 g/mol. The quantitative estimate of drug-likeness (QED) is 0.747. The highest BCUT2D eigenvalue weighted by molar-refractivity contribution is 6.68. The van der Waals surface area contributed by atoms with E-state index in [0.717, 1.165) is 5.56 Å². The number of aryl methyl sites for hydroxylation is 1. The fraction of sp³-hybridized carbons (Fsp3) is 0.300. The number of hydrogen-bond donors (Lipinski definition) is 0. The average Bonchev–Trinajstić information content (AvgIpc) is 2.09. The molecule has 0 bridgehead atoms. The zero-order valence-electron chi connectivity index (χ0n) is 7.93. The Bertz CT molecular complexity index is 361. The van der Waals surface area contributed by atoms with Crippen LogP contribution in [0.25, 0.3) is 0 Å². The zero-order valence-corrected chi connectivity index (χ0v) is 9.45. The molecule has 0 unspecified atom stereocenters. The van der Waals surface area contributed by atoms with E-state index < -0.39 is 5.24 Å². The lowest BCUT2D eigenvalue weighted by Crippen LogP contribution is -2.01. The summed E-state index contributed by atoms with van der Waals surface area (Å²) in [4.78, 5) is 11.1. The monoisotopic (exact) mass is 232 g/mol. The molecule has 76 valence electrons. The summed E-state index contributed by atoms with van der Waals surface area (Å²) in [7, 11) is 0. The summed E-state index contributed by atoms with van der Waals surface area (Å²) in [6, 6.07) is 3.24. The Morgan fingerprint density at radius 2 is 2.14 bits per heavy atom. The Morgan fingerprint density at radius 1 is 1.50 bits per heavy atom. The topological polar surface area (TPSA) is 26.3 Å². The number of carbonyl (C=O) groups excluding carboxylic acids is 1. The normalized spacial score (nSPS) is 10.0. The van der Waals surface area contributed by atoms with Gasteiger partial charge >= 0.3 is 0 Å². The summed E-state index contributed by atoms with van der Waals surface area (Å²) in [6.07, 6.45) is 0. The van der Waals surface area contributed by atoms with E-state index in [0.29, 0.717) is 22.9 Å². The van der Waals surface area contributed by atoms with Crippen molar-refractivity contribution in [2.75, 3.05) is 6.61 Å². The summed E-state index contributed by atoms with van der Waals surface area (Å²) in [6.45, 7) is 4.15. The molecule has 0 atom stereocenters. The molecule has 14 heavy (non-hydrogen) atoms. The maximum atomic E-state index is 11.1. The van der Waals surface area contributed by atoms with E-state index in [2.05, 4.69) is 0 Å². The van der Waals surface area contributed by atoms with E-state index in [1.165, 1.54) is 6.07 Å². The lowest BCUT2D eigenvalue weighted by Gasteiger charge is -2.10. The first-order chi connectivity index (χ1) is 6.56. The average molecular weight is 233 g/mol. The van der Waals surface area contributed by atoms with E-state index in [-0.39, 0.29) is 0 Å². The highest BCUT2D eigenvalue weighted by Crippen LogP contribution is 2.28. The van der Waals surface area contributed by atoms with Crippen molar-refractivity contribution >= 4 is 28.4 Å². The molecule has 0 aromatic heterocycles. The first-order valence-electron chi connectivity index (χ1n) is 4.19. The van der Waals surface area contributed by atoms with Crippen molar-refractivity contribution in [2.45, 2.75) is 13.8 Å². The number of ether oxygens (including phenoxy) is 1. The summed E-state index contributed by atoms with van der Waals surface area (Å²) >= 11 is 11.2. The Hall–Kier alpha value is -0.730. The molecule has 2 nitrogen and oxygen atoms in total. The van der Waals surface area contributed by atoms with Crippen molar-refractivity contribution in [1.29, 1.82) is 0 Å². The van der Waals surface area contributed by atoms with Crippen LogP contribution in [0.3, 0.4) is 0 Å². The van der Waals surface area contributed by atoms with Gasteiger partial charge in [0.05, 0.1) is 12.2 Å². The predicted molar refractivity (Wildman–Crippen MR) is 57.5 cm³/mol. The van der Waals surface area contributed by atoms with Gasteiger partial charge in [0.15, 0.2) is 0 Å². The van der Waals surface area contributed by atoms with Gasteiger partial charge in [0, 0.05) is 5.02 Å². The van der Waals surface area contributed by atoms with Crippen LogP contribution in [0.15, 0.2) is 12.1 Å². The Morgan fingerprint density at radius 3 is 2.64 bits per heavy atom. The number of halogens is 2. The van der Waals surface area contributed by atoms with Gasteiger partial charge in [-0.15, -0.1) is 0 Å². The minimum absolute atomic E-state index is 0.318. The van der Waals surface area contributed by atoms with Gasteiger partial charge in [-0.05, 0) is 43.1 Å². The van der Waals surface area contributed by atoms with Gasteiger partial charge < -0.3 is 4.74 Å². The molecule has 0 fully saturated rings. The van der Waals surface area contributed by atoms with Gasteiger partial charge in [0.1, 0.15) is 5.75 Å². The molecule has 1 aromatic carbocycles. The van der Waals surface area contributed by atoms with Crippen LogP contribution in [-0.4, -0.2) is 11.8 Å². The first-order valence-corrected chi connectivity index (χ1v) is 4.94. The maximum absolute atomic E-state index is 11.1. The smallest absolute Gasteiger partial charge is 0.256 e. The number of carbonyl (C=O) groups is 1. The fourth-order valence-corrected chi connectivity index (χ4v) is 1.62. The fourth-order valence-electron chi connectivity index (χ4n) is 1.21. The van der Waals surface area contributed by atoms with Gasteiger partial charge in [-0.1, -0.05) is 11.6 Å². The standard InChI is InChI=1S/C10H10Cl2O2/c1-3-14-9-6(2)4-7(11)5-8(9)10(12)13/h4-5H,3H2,1-2H3. The first kappa shape index (κ1) is 11.3. The third-order valence-electron chi connectivity index (χ3n) is 1.74. The van der Waals surface area contributed by atoms with Crippen LogP contribution < -0.4 is 4.74 Å². The van der Waals surface area contributed by atoms with Gasteiger partial charge in [-0.3, -0.25) is 4.79 Å². The molecule has 0 N–H and O–H groups in total. The Labute approximate surface area is 92.8 Å². The molecule has 0 amide bonds. The zero-order chi connectivity index (χ0) is 10.7. The Kier molecular flexibility index (Phi) is 3.78. The highest BCUT2D eigenvalue weighted by atomic mass is 35.5. The molecule has 0 aliphatic carbocycles. The third-order valence-corrected chi connectivity index (χ3v) is 2.16. The molecule has 1 rings (SSSR count). The molecular formula is C10H10Cl2O2. The van der Waals surface area contributed by atoms with Crippen molar-refractivity contribution < 1.29 is 9.53 Å². The lowest BCUT2D eigenvalue weighted by atomic mass is 10.1. The van der Waals surface area contributed by atoms with Crippen LogP contribution >= 0.6 is 23.2 Å². The minimum atomic E-state index is -0.556. The number of benzene rings is 1. The number of hydrogen-bond acceptors (Lipinski definition) is 2. The van der Waals surface area contributed by atoms with E-state index >= 15 is 0 Å². The van der Waals surface area contributed by atoms with Crippen molar-refractivity contribution in [3.05, 3.63) is 28.3 Å². The highest BCUT2D eigenvalue weighted by Gasteiger charge is 2.13. The van der Waals surface area contributed by atoms with Crippen molar-refractivity contribution in [3.8, 4) is 5.75 Å². The molecule has 0 aliphatic heterocycles. The molecule has 0 spiro atoms. The maximum Gasteiger partial charge on any atom is 0.256 e. The van der Waals surface area contributed by atoms with E-state index in [9.17, 15) is 4.79 Å². The molecule has 0 saturated heterocycles. The van der Waals surface area contributed by atoms with Crippen LogP contribution in [0.1, 0.15) is 22.8 Å². The van der Waals surface area contributed by atoms with Crippen LogP contribution in [0, 0.1) is 6.92 Å². The SMILES string of the molecule is CCOc1c(C)cc(Cl)cc1C(=O)Cl. The van der Waals surface area contributed by atoms with E-state index in [4.69, 9.17) is 27.9 Å². The molecule has 0 aliphatic rings. The van der Waals surface area contributed by atoms with E-state index in [1.807, 2.05) is 13.8 Å². The second-order valence-corrected chi connectivity index (χ2v) is 3.59. The summed E-state index contributed by atoms with van der Waals surface area (Å²) in [5, 5.41) is -0.0750. The molecule has 0 saturated carbocycles. The summed E-state index contributed by atoms with van der Waals surface area (Å²) < 4.78 is 5.32. The Balaban J connectivity index is 3.28. The second-order valence-electron chi connectivity index (χ2n) is 2.81. The lowest BCUT2D eigenvalue weighted by molar-refractivity contribution is 0.107. The predicted octanol–water partition coefficient (Wildman–Crippen LogP) is 3.43. The summed E-state index contributed by atoms with van der Waals surface area (Å²) in [5.41, 5.74) is 1.13. The largest absolute Gasteiger partial charge is 0.493 e. The van der Waals surface area contributed by atoms with Crippen molar-refractivity contribution in [1.82, 2.24) is 0 Å². The van der Waals surface area contributed by atoms with Gasteiger partial charge in [0.25, 0.3) is 5.24 Å². The molecule has 0 heterocycles. The molecule has 0 radical (unpaired) electrons. The van der Waals surface area contributed by atoms with Crippen molar-refractivity contribution in [3.63, 3.8) is 0 Å². The molecule has 1 aromatic rings. The van der Waals surface area contributed by atoms with Crippen LogP contribution in [-0.2, 0) is 0 Å². The second kappa shape index (κ2) is 4.67. The summed E-state index contributed by atoms with van der Waals surface area (Å²) in [5.74, 6) is 0.511. The van der Waals surface area contributed by atoms with Crippen LogP contribution in [0.5, 0.6) is 5.75 Å². The van der Waals surface area contributed by atoms with Crippen LogP contribution in [0.2, 0.25) is 5.02 Å². The van der Waals surface area contributed by atoms with Gasteiger partial charge in [-0.2, -0.15) is 0 Å². The van der Waals surface area contributed by atoms with Crippen LogP contribution in [0.4, 0.5) is 0 Å². The van der Waals surface area contributed by atoms with Gasteiger partial charge in [0.2, 0.25) is 0 Å². The van der Waals surface area contributed by atoms with Gasteiger partial charge in [-0.25, -0.2) is 0 Å². The number of rotatable bonds is 3. The minimum Gasteiger partial charge on any atom is -0.493 e. The van der Waals surface area contributed by atoms with Crippen molar-refractivity contribution in [2.24, 2.45) is 0 Å². The molecule has 4 heteroatoms. The van der Waals surface area contributed by atoms with E-state index in [1.54, 1.807) is 6.07 Å².